The summed E-state index contributed by atoms with van der Waals surface area (Å²) in [5.74, 6) is 0.877. The zero-order valence-corrected chi connectivity index (χ0v) is 13.6. The molecule has 0 unspecified atom stereocenters. The molecule has 0 saturated heterocycles. The SMILES string of the molecule is Cc1cccc(COc2cccc(CNCCOCCO)c2)c1. The lowest BCUT2D eigenvalue weighted by molar-refractivity contribution is 0.0938. The number of hydrogen-bond donors (Lipinski definition) is 2. The van der Waals surface area contributed by atoms with Gasteiger partial charge in [-0.05, 0) is 30.2 Å². The summed E-state index contributed by atoms with van der Waals surface area (Å²) in [5.41, 5.74) is 3.59. The van der Waals surface area contributed by atoms with Crippen LogP contribution in [0, 0.1) is 6.92 Å². The molecule has 23 heavy (non-hydrogen) atoms. The van der Waals surface area contributed by atoms with Crippen LogP contribution in [-0.4, -0.2) is 31.5 Å². The van der Waals surface area contributed by atoms with Crippen LogP contribution < -0.4 is 10.1 Å². The minimum atomic E-state index is 0.0698. The van der Waals surface area contributed by atoms with E-state index in [2.05, 4.69) is 42.6 Å². The first-order valence-electron chi connectivity index (χ1n) is 7.94. The Bertz CT molecular complexity index is 586. The van der Waals surface area contributed by atoms with Gasteiger partial charge in [0, 0.05) is 13.1 Å². The Morgan fingerprint density at radius 1 is 1.00 bits per heavy atom. The second-order valence-electron chi connectivity index (χ2n) is 5.44. The van der Waals surface area contributed by atoms with Crippen molar-refractivity contribution < 1.29 is 14.6 Å². The Balaban J connectivity index is 1.75. The molecule has 2 aromatic rings. The highest BCUT2D eigenvalue weighted by atomic mass is 16.5. The molecule has 0 amide bonds. The summed E-state index contributed by atoms with van der Waals surface area (Å²) in [6.45, 7) is 5.25. The monoisotopic (exact) mass is 315 g/mol. The van der Waals surface area contributed by atoms with Gasteiger partial charge in [-0.3, -0.25) is 0 Å². The molecule has 4 heteroatoms. The van der Waals surface area contributed by atoms with Crippen LogP contribution in [-0.2, 0) is 17.9 Å². The lowest BCUT2D eigenvalue weighted by atomic mass is 10.1. The van der Waals surface area contributed by atoms with Crippen molar-refractivity contribution in [2.45, 2.75) is 20.1 Å². The zero-order chi connectivity index (χ0) is 16.3. The highest BCUT2D eigenvalue weighted by molar-refractivity contribution is 5.29. The third kappa shape index (κ3) is 6.82. The number of rotatable bonds is 10. The third-order valence-corrected chi connectivity index (χ3v) is 3.37. The first-order valence-corrected chi connectivity index (χ1v) is 7.94. The van der Waals surface area contributed by atoms with Crippen molar-refractivity contribution in [1.29, 1.82) is 0 Å². The Labute approximate surface area is 138 Å². The maximum atomic E-state index is 8.62. The molecule has 0 radical (unpaired) electrons. The average Bonchev–Trinajstić information content (AvgIpc) is 2.57. The second-order valence-corrected chi connectivity index (χ2v) is 5.44. The van der Waals surface area contributed by atoms with E-state index in [-0.39, 0.29) is 6.61 Å². The topological polar surface area (TPSA) is 50.7 Å². The Morgan fingerprint density at radius 2 is 1.83 bits per heavy atom. The number of aryl methyl sites for hydroxylation is 1. The minimum Gasteiger partial charge on any atom is -0.489 e. The third-order valence-electron chi connectivity index (χ3n) is 3.37. The molecule has 0 fully saturated rings. The summed E-state index contributed by atoms with van der Waals surface area (Å²) >= 11 is 0. The summed E-state index contributed by atoms with van der Waals surface area (Å²) in [4.78, 5) is 0. The van der Waals surface area contributed by atoms with Crippen LogP contribution in [0.5, 0.6) is 5.75 Å². The quantitative estimate of drug-likeness (QED) is 0.662. The van der Waals surface area contributed by atoms with E-state index >= 15 is 0 Å². The number of aliphatic hydroxyl groups is 1. The van der Waals surface area contributed by atoms with Crippen LogP contribution in [0.15, 0.2) is 48.5 Å². The molecule has 2 aromatic carbocycles. The van der Waals surface area contributed by atoms with Gasteiger partial charge in [-0.2, -0.15) is 0 Å². The predicted molar refractivity (Wildman–Crippen MR) is 91.6 cm³/mol. The van der Waals surface area contributed by atoms with Gasteiger partial charge >= 0.3 is 0 Å². The van der Waals surface area contributed by atoms with Crippen LogP contribution in [0.25, 0.3) is 0 Å². The molecule has 0 aliphatic rings. The highest BCUT2D eigenvalue weighted by Gasteiger charge is 1.99. The molecule has 0 spiro atoms. The van der Waals surface area contributed by atoms with Crippen molar-refractivity contribution in [2.75, 3.05) is 26.4 Å². The van der Waals surface area contributed by atoms with Crippen molar-refractivity contribution in [3.05, 3.63) is 65.2 Å². The lowest BCUT2D eigenvalue weighted by Crippen LogP contribution is -2.20. The fraction of sp³-hybridized carbons (Fsp3) is 0.368. The molecule has 0 saturated carbocycles. The predicted octanol–water partition coefficient (Wildman–Crippen LogP) is 2.67. The van der Waals surface area contributed by atoms with Gasteiger partial charge in [0.1, 0.15) is 12.4 Å². The smallest absolute Gasteiger partial charge is 0.120 e. The molecule has 0 bridgehead atoms. The van der Waals surface area contributed by atoms with Gasteiger partial charge in [0.15, 0.2) is 0 Å². The standard InChI is InChI=1S/C19H25NO3/c1-16-4-2-6-18(12-16)15-23-19-7-3-5-17(13-19)14-20-8-10-22-11-9-21/h2-7,12-13,20-21H,8-11,14-15H2,1H3. The van der Waals surface area contributed by atoms with Crippen LogP contribution in [0.4, 0.5) is 0 Å². The van der Waals surface area contributed by atoms with E-state index in [1.165, 1.54) is 16.7 Å². The maximum absolute atomic E-state index is 8.62. The number of aliphatic hydroxyl groups excluding tert-OH is 1. The highest BCUT2D eigenvalue weighted by Crippen LogP contribution is 2.15. The summed E-state index contributed by atoms with van der Waals surface area (Å²) in [5, 5.41) is 11.9. The molecule has 0 aromatic heterocycles. The van der Waals surface area contributed by atoms with Gasteiger partial charge in [0.05, 0.1) is 19.8 Å². The van der Waals surface area contributed by atoms with E-state index in [9.17, 15) is 0 Å². The van der Waals surface area contributed by atoms with E-state index in [0.29, 0.717) is 19.8 Å². The van der Waals surface area contributed by atoms with Crippen molar-refractivity contribution >= 4 is 0 Å². The maximum Gasteiger partial charge on any atom is 0.120 e. The first-order chi connectivity index (χ1) is 11.3. The molecular weight excluding hydrogens is 290 g/mol. The van der Waals surface area contributed by atoms with E-state index < -0.39 is 0 Å². The normalized spacial score (nSPS) is 10.7. The lowest BCUT2D eigenvalue weighted by Gasteiger charge is -2.10. The fourth-order valence-electron chi connectivity index (χ4n) is 2.26. The Kier molecular flexibility index (Phi) is 7.60. The number of benzene rings is 2. The van der Waals surface area contributed by atoms with Crippen molar-refractivity contribution in [2.24, 2.45) is 0 Å². The summed E-state index contributed by atoms with van der Waals surface area (Å²) in [6.07, 6.45) is 0. The largest absolute Gasteiger partial charge is 0.489 e. The summed E-state index contributed by atoms with van der Waals surface area (Å²) < 4.78 is 11.1. The summed E-state index contributed by atoms with van der Waals surface area (Å²) in [6, 6.07) is 16.4. The Morgan fingerprint density at radius 3 is 2.65 bits per heavy atom. The number of hydrogen-bond acceptors (Lipinski definition) is 4. The number of ether oxygens (including phenoxy) is 2. The van der Waals surface area contributed by atoms with Crippen molar-refractivity contribution in [3.8, 4) is 5.75 Å². The second kappa shape index (κ2) is 10.0. The van der Waals surface area contributed by atoms with E-state index in [1.54, 1.807) is 0 Å². The molecule has 0 atom stereocenters. The molecule has 124 valence electrons. The zero-order valence-electron chi connectivity index (χ0n) is 13.6. The Hall–Kier alpha value is -1.88. The van der Waals surface area contributed by atoms with Crippen LogP contribution in [0.1, 0.15) is 16.7 Å². The molecular formula is C19H25NO3. The van der Waals surface area contributed by atoms with E-state index in [4.69, 9.17) is 14.6 Å². The van der Waals surface area contributed by atoms with Crippen molar-refractivity contribution in [3.63, 3.8) is 0 Å². The molecule has 0 aliphatic carbocycles. The van der Waals surface area contributed by atoms with Gasteiger partial charge in [-0.15, -0.1) is 0 Å². The van der Waals surface area contributed by atoms with Gasteiger partial charge < -0.3 is 19.9 Å². The molecule has 2 rings (SSSR count). The molecule has 0 aliphatic heterocycles. The average molecular weight is 315 g/mol. The van der Waals surface area contributed by atoms with Gasteiger partial charge in [0.2, 0.25) is 0 Å². The fourth-order valence-corrected chi connectivity index (χ4v) is 2.26. The minimum absolute atomic E-state index is 0.0698. The van der Waals surface area contributed by atoms with Crippen molar-refractivity contribution in [1.82, 2.24) is 5.32 Å². The summed E-state index contributed by atoms with van der Waals surface area (Å²) in [7, 11) is 0. The van der Waals surface area contributed by atoms with Crippen LogP contribution in [0.2, 0.25) is 0 Å². The van der Waals surface area contributed by atoms with Gasteiger partial charge in [-0.1, -0.05) is 42.0 Å². The van der Waals surface area contributed by atoms with Gasteiger partial charge in [-0.25, -0.2) is 0 Å². The number of nitrogens with one attached hydrogen (secondary N) is 1. The van der Waals surface area contributed by atoms with E-state index in [0.717, 1.165) is 18.8 Å². The van der Waals surface area contributed by atoms with Crippen LogP contribution in [0.3, 0.4) is 0 Å². The molecule has 0 heterocycles. The molecule has 2 N–H and O–H groups in total. The van der Waals surface area contributed by atoms with Crippen LogP contribution >= 0.6 is 0 Å². The first kappa shape index (κ1) is 17.5. The van der Waals surface area contributed by atoms with Gasteiger partial charge in [0.25, 0.3) is 0 Å². The molecule has 4 nitrogen and oxygen atoms in total. The van der Waals surface area contributed by atoms with E-state index in [1.807, 2.05) is 18.2 Å².